The highest BCUT2D eigenvalue weighted by Crippen LogP contribution is 2.27. The largest absolute Gasteiger partial charge is 0.463 e. The van der Waals surface area contributed by atoms with Gasteiger partial charge in [0.25, 0.3) is 0 Å². The van der Waals surface area contributed by atoms with Crippen LogP contribution in [0.4, 0.5) is 0 Å². The fourth-order valence-electron chi connectivity index (χ4n) is 2.18. The quantitative estimate of drug-likeness (QED) is 0.356. The van der Waals surface area contributed by atoms with Crippen molar-refractivity contribution in [1.29, 1.82) is 0 Å². The van der Waals surface area contributed by atoms with E-state index in [4.69, 9.17) is 23.7 Å². The van der Waals surface area contributed by atoms with Gasteiger partial charge in [-0.25, -0.2) is 0 Å². The summed E-state index contributed by atoms with van der Waals surface area (Å²) in [4.78, 5) is 33.6. The zero-order valence-corrected chi connectivity index (χ0v) is 14.9. The van der Waals surface area contributed by atoms with Gasteiger partial charge in [0.2, 0.25) is 0 Å². The van der Waals surface area contributed by atoms with Crippen LogP contribution in [0.1, 0.15) is 27.2 Å². The third kappa shape index (κ3) is 7.28. The van der Waals surface area contributed by atoms with Gasteiger partial charge in [0.05, 0.1) is 6.61 Å². The molecule has 0 aliphatic carbocycles. The summed E-state index contributed by atoms with van der Waals surface area (Å²) in [5.74, 6) is -1.56. The van der Waals surface area contributed by atoms with E-state index in [9.17, 15) is 14.4 Å². The molecule has 1 rings (SSSR count). The monoisotopic (exact) mass is 396 g/mol. The van der Waals surface area contributed by atoms with Gasteiger partial charge >= 0.3 is 17.9 Å². The lowest BCUT2D eigenvalue weighted by atomic mass is 10.0. The first-order chi connectivity index (χ1) is 10.8. The Balaban J connectivity index is 2.88. The Morgan fingerprint density at radius 3 is 2.26 bits per heavy atom. The predicted octanol–water partition coefficient (Wildman–Crippen LogP) is 0.939. The van der Waals surface area contributed by atoms with Gasteiger partial charge in [-0.3, -0.25) is 14.4 Å². The van der Waals surface area contributed by atoms with Crippen molar-refractivity contribution in [2.24, 2.45) is 0 Å². The van der Waals surface area contributed by atoms with E-state index in [1.807, 2.05) is 0 Å². The Kier molecular flexibility index (Phi) is 8.49. The summed E-state index contributed by atoms with van der Waals surface area (Å²) in [6, 6.07) is 0. The molecule has 0 N–H and O–H groups in total. The van der Waals surface area contributed by atoms with Gasteiger partial charge < -0.3 is 23.7 Å². The summed E-state index contributed by atoms with van der Waals surface area (Å²) in [6.07, 6.45) is -2.86. The summed E-state index contributed by atoms with van der Waals surface area (Å²) >= 11 is 3.24. The highest BCUT2D eigenvalue weighted by molar-refractivity contribution is 9.09. The molecule has 0 amide bonds. The first kappa shape index (κ1) is 19.9. The number of carbonyl (C=O) groups is 3. The van der Waals surface area contributed by atoms with Gasteiger partial charge in [-0.1, -0.05) is 15.9 Å². The number of hydrogen-bond donors (Lipinski definition) is 0. The van der Waals surface area contributed by atoms with Gasteiger partial charge in [-0.05, 0) is 0 Å². The van der Waals surface area contributed by atoms with Crippen LogP contribution >= 0.6 is 15.9 Å². The van der Waals surface area contributed by atoms with Crippen LogP contribution in [0.3, 0.4) is 0 Å². The predicted molar refractivity (Wildman–Crippen MR) is 80.8 cm³/mol. The second kappa shape index (κ2) is 9.84. The Hall–Kier alpha value is -1.19. The lowest BCUT2D eigenvalue weighted by Gasteiger charge is -2.39. The third-order valence-electron chi connectivity index (χ3n) is 2.94. The molecule has 0 radical (unpaired) electrons. The molecule has 132 valence electrons. The van der Waals surface area contributed by atoms with E-state index in [1.54, 1.807) is 0 Å². The van der Waals surface area contributed by atoms with Crippen LogP contribution in [-0.4, -0.2) is 61.1 Å². The second-order valence-corrected chi connectivity index (χ2v) is 5.72. The van der Waals surface area contributed by atoms with Crippen molar-refractivity contribution in [2.45, 2.75) is 51.8 Å². The van der Waals surface area contributed by atoms with Crippen molar-refractivity contribution < 1.29 is 38.1 Å². The zero-order valence-electron chi connectivity index (χ0n) is 13.3. The molecule has 1 fully saturated rings. The summed E-state index contributed by atoms with van der Waals surface area (Å²) in [7, 11) is 0. The van der Waals surface area contributed by atoms with Crippen LogP contribution in [0, 0.1) is 0 Å². The minimum absolute atomic E-state index is 0.140. The number of hydrogen-bond acceptors (Lipinski definition) is 8. The molecule has 1 saturated heterocycles. The van der Waals surface area contributed by atoms with E-state index in [1.165, 1.54) is 20.8 Å². The number of halogens is 1. The minimum Gasteiger partial charge on any atom is -0.463 e. The Morgan fingerprint density at radius 2 is 1.74 bits per heavy atom. The van der Waals surface area contributed by atoms with Gasteiger partial charge in [0, 0.05) is 32.5 Å². The molecule has 0 aromatic rings. The van der Waals surface area contributed by atoms with Crippen molar-refractivity contribution >= 4 is 33.8 Å². The van der Waals surface area contributed by atoms with Crippen LogP contribution in [0.15, 0.2) is 0 Å². The molecule has 8 nitrogen and oxygen atoms in total. The fourth-order valence-corrected chi connectivity index (χ4v) is 2.37. The number of carbonyl (C=O) groups excluding carboxylic acids is 3. The lowest BCUT2D eigenvalue weighted by Crippen LogP contribution is -2.54. The van der Waals surface area contributed by atoms with Gasteiger partial charge in [0.15, 0.2) is 12.4 Å². The van der Waals surface area contributed by atoms with Gasteiger partial charge in [0.1, 0.15) is 18.8 Å². The van der Waals surface area contributed by atoms with E-state index in [-0.39, 0.29) is 13.0 Å². The topological polar surface area (TPSA) is 97.4 Å². The van der Waals surface area contributed by atoms with Crippen molar-refractivity contribution in [2.75, 3.05) is 18.5 Å². The van der Waals surface area contributed by atoms with Crippen LogP contribution in [0.25, 0.3) is 0 Å². The standard InChI is InChI=1S/C14H21BrO8/c1-8(16)20-7-12-14(22-10(3)18)11(21-9(2)17)6-13(23-12)19-5-4-15/h11-14H,4-7H2,1-3H3/t11-,12-,13?,14+/m1/s1. The molecule has 0 spiro atoms. The Labute approximate surface area is 142 Å². The molecule has 1 aliphatic heterocycles. The molecule has 0 aromatic heterocycles. The van der Waals surface area contributed by atoms with Crippen molar-refractivity contribution in [1.82, 2.24) is 0 Å². The van der Waals surface area contributed by atoms with Gasteiger partial charge in [-0.15, -0.1) is 0 Å². The zero-order chi connectivity index (χ0) is 17.4. The van der Waals surface area contributed by atoms with Crippen LogP contribution < -0.4 is 0 Å². The first-order valence-electron chi connectivity index (χ1n) is 7.14. The Bertz CT molecular complexity index is 427. The fraction of sp³-hybridized carbons (Fsp3) is 0.786. The molecule has 1 unspecified atom stereocenters. The van der Waals surface area contributed by atoms with Gasteiger partial charge in [-0.2, -0.15) is 0 Å². The summed E-state index contributed by atoms with van der Waals surface area (Å²) in [5.41, 5.74) is 0. The molecule has 9 heteroatoms. The third-order valence-corrected chi connectivity index (χ3v) is 3.26. The average Bonchev–Trinajstić information content (AvgIpc) is 2.44. The maximum absolute atomic E-state index is 11.3. The van der Waals surface area contributed by atoms with Crippen LogP contribution in [0.2, 0.25) is 0 Å². The maximum atomic E-state index is 11.3. The van der Waals surface area contributed by atoms with E-state index in [0.29, 0.717) is 11.9 Å². The van der Waals surface area contributed by atoms with Crippen molar-refractivity contribution in [3.63, 3.8) is 0 Å². The highest BCUT2D eigenvalue weighted by Gasteiger charge is 2.44. The minimum atomic E-state index is -0.875. The summed E-state index contributed by atoms with van der Waals surface area (Å²) < 4.78 is 26.5. The van der Waals surface area contributed by atoms with Crippen LogP contribution in [-0.2, 0) is 38.1 Å². The van der Waals surface area contributed by atoms with Crippen molar-refractivity contribution in [3.05, 3.63) is 0 Å². The summed E-state index contributed by atoms with van der Waals surface area (Å²) in [5, 5.41) is 0.604. The normalized spacial score (nSPS) is 27.1. The number of esters is 3. The molecule has 0 saturated carbocycles. The number of rotatable bonds is 7. The molecule has 0 aromatic carbocycles. The van der Waals surface area contributed by atoms with E-state index >= 15 is 0 Å². The molecule has 0 bridgehead atoms. The number of alkyl halides is 1. The van der Waals surface area contributed by atoms with E-state index in [0.717, 1.165) is 0 Å². The lowest BCUT2D eigenvalue weighted by molar-refractivity contribution is -0.264. The van der Waals surface area contributed by atoms with Crippen molar-refractivity contribution in [3.8, 4) is 0 Å². The molecule has 1 heterocycles. The number of ether oxygens (including phenoxy) is 5. The SMILES string of the molecule is CC(=O)OC[C@H]1OC(OCCBr)C[C@@H](OC(C)=O)[C@@H]1OC(C)=O. The smallest absolute Gasteiger partial charge is 0.303 e. The Morgan fingerprint density at radius 1 is 1.09 bits per heavy atom. The molecule has 4 atom stereocenters. The highest BCUT2D eigenvalue weighted by atomic mass is 79.9. The maximum Gasteiger partial charge on any atom is 0.303 e. The van der Waals surface area contributed by atoms with Crippen LogP contribution in [0.5, 0.6) is 0 Å². The average molecular weight is 397 g/mol. The summed E-state index contributed by atoms with van der Waals surface area (Å²) in [6.45, 7) is 4.00. The van der Waals surface area contributed by atoms with E-state index < -0.39 is 42.5 Å². The molecule has 23 heavy (non-hydrogen) atoms. The molecule has 1 aliphatic rings. The van der Waals surface area contributed by atoms with E-state index in [2.05, 4.69) is 15.9 Å². The first-order valence-corrected chi connectivity index (χ1v) is 8.26. The second-order valence-electron chi connectivity index (χ2n) is 4.92. The molecular formula is C14H21BrO8. The molecular weight excluding hydrogens is 376 g/mol.